The number of nitrogens with one attached hydrogen (secondary N) is 2. The van der Waals surface area contributed by atoms with Crippen LogP contribution in [-0.4, -0.2) is 33.0 Å². The summed E-state index contributed by atoms with van der Waals surface area (Å²) in [6, 6.07) is 15.2. The number of hydrazine groups is 1. The van der Waals surface area contributed by atoms with Crippen LogP contribution in [0.2, 0.25) is 0 Å². The number of nitrogens with zero attached hydrogens (tertiary/aromatic N) is 4. The Morgan fingerprint density at radius 1 is 1.16 bits per heavy atom. The Labute approximate surface area is 150 Å². The fourth-order valence-electron chi connectivity index (χ4n) is 2.21. The van der Waals surface area contributed by atoms with Crippen LogP contribution in [-0.2, 0) is 10.0 Å². The van der Waals surface area contributed by atoms with E-state index < -0.39 is 10.0 Å². The molecule has 8 nitrogen and oxygen atoms in total. The number of tetrazole rings is 1. The Kier molecular flexibility index (Phi) is 5.09. The van der Waals surface area contributed by atoms with Crippen molar-refractivity contribution in [3.63, 3.8) is 0 Å². The molecule has 0 aliphatic carbocycles. The summed E-state index contributed by atoms with van der Waals surface area (Å²) in [5.41, 5.74) is 4.17. The number of aromatic amines is 1. The zero-order valence-electron chi connectivity index (χ0n) is 13.2. The first-order chi connectivity index (χ1) is 12.0. The molecule has 2 N–H and O–H groups in total. The Hall–Kier alpha value is -2.33. The summed E-state index contributed by atoms with van der Waals surface area (Å²) in [4.78, 5) is 0.0116. The predicted octanol–water partition coefficient (Wildman–Crippen LogP) is 2.28. The van der Waals surface area contributed by atoms with E-state index in [1.54, 1.807) is 12.1 Å². The molecule has 3 aromatic rings. The van der Waals surface area contributed by atoms with Crippen molar-refractivity contribution in [3.8, 4) is 11.4 Å². The molecule has 1 heterocycles. The van der Waals surface area contributed by atoms with Crippen LogP contribution in [0.5, 0.6) is 0 Å². The smallest absolute Gasteiger partial charge is 0.219 e. The second-order valence-electron chi connectivity index (χ2n) is 5.24. The summed E-state index contributed by atoms with van der Waals surface area (Å²) in [7, 11) is -3.95. The van der Waals surface area contributed by atoms with Gasteiger partial charge in [0.1, 0.15) is 0 Å². The number of H-pyrrole nitrogens is 1. The lowest BCUT2D eigenvalue weighted by molar-refractivity contribution is 0.403. The Morgan fingerprint density at radius 3 is 2.60 bits per heavy atom. The molecule has 0 aliphatic heterocycles. The van der Waals surface area contributed by atoms with Crippen molar-refractivity contribution in [1.82, 2.24) is 30.0 Å². The lowest BCUT2D eigenvalue weighted by Gasteiger charge is -2.21. The van der Waals surface area contributed by atoms with Crippen molar-refractivity contribution in [2.45, 2.75) is 17.9 Å². The maximum atomic E-state index is 12.7. The zero-order chi connectivity index (χ0) is 17.9. The van der Waals surface area contributed by atoms with Crippen LogP contribution in [0.15, 0.2) is 59.5 Å². The Balaban J connectivity index is 1.82. The largest absolute Gasteiger partial charge is 0.269 e. The van der Waals surface area contributed by atoms with Gasteiger partial charge in [-0.1, -0.05) is 42.5 Å². The van der Waals surface area contributed by atoms with Crippen LogP contribution in [0, 0.1) is 0 Å². The van der Waals surface area contributed by atoms with Gasteiger partial charge in [0, 0.05) is 23.4 Å². The van der Waals surface area contributed by atoms with Crippen molar-refractivity contribution in [2.24, 2.45) is 0 Å². The summed E-state index contributed by atoms with van der Waals surface area (Å²) < 4.78 is 26.0. The van der Waals surface area contributed by atoms with Gasteiger partial charge in [-0.2, -0.15) is 5.21 Å². The van der Waals surface area contributed by atoms with Gasteiger partial charge in [0.25, 0.3) is 10.0 Å². The maximum absolute atomic E-state index is 12.7. The normalized spacial score (nSPS) is 13.1. The first-order valence-corrected chi connectivity index (χ1v) is 9.12. The second-order valence-corrected chi connectivity index (χ2v) is 7.57. The quantitative estimate of drug-likeness (QED) is 0.503. The van der Waals surface area contributed by atoms with E-state index in [1.165, 1.54) is 12.1 Å². The third-order valence-corrected chi connectivity index (χ3v) is 5.56. The maximum Gasteiger partial charge on any atom is 0.269 e. The molecule has 0 aliphatic rings. The molecule has 25 heavy (non-hydrogen) atoms. The van der Waals surface area contributed by atoms with E-state index in [-0.39, 0.29) is 10.9 Å². The third-order valence-electron chi connectivity index (χ3n) is 3.54. The molecule has 0 fully saturated rings. The summed E-state index contributed by atoms with van der Waals surface area (Å²) >= 11 is 6.01. The number of sulfonamides is 1. The van der Waals surface area contributed by atoms with Crippen LogP contribution in [0.3, 0.4) is 0 Å². The highest BCUT2D eigenvalue weighted by molar-refractivity contribution is 7.90. The fourth-order valence-corrected chi connectivity index (χ4v) is 3.60. The molecule has 1 aromatic heterocycles. The van der Waals surface area contributed by atoms with Crippen LogP contribution in [0.25, 0.3) is 11.4 Å². The van der Waals surface area contributed by atoms with Crippen molar-refractivity contribution >= 4 is 21.8 Å². The van der Waals surface area contributed by atoms with Gasteiger partial charge in [-0.05, 0) is 33.8 Å². The summed E-state index contributed by atoms with van der Waals surface area (Å²) in [5.74, 6) is 0.295. The molecular weight excluding hydrogens is 364 g/mol. The number of benzene rings is 2. The van der Waals surface area contributed by atoms with E-state index in [1.807, 2.05) is 37.3 Å². The van der Waals surface area contributed by atoms with E-state index in [9.17, 15) is 8.42 Å². The summed E-state index contributed by atoms with van der Waals surface area (Å²) in [6.45, 7) is 1.82. The minimum Gasteiger partial charge on any atom is -0.219 e. The molecule has 130 valence electrons. The molecule has 3 rings (SSSR count). The lowest BCUT2D eigenvalue weighted by Crippen LogP contribution is -2.37. The molecule has 1 atom stereocenters. The van der Waals surface area contributed by atoms with Gasteiger partial charge in [-0.3, -0.25) is 0 Å². The first kappa shape index (κ1) is 17.5. The molecule has 1 unspecified atom stereocenters. The van der Waals surface area contributed by atoms with Crippen LogP contribution in [0.1, 0.15) is 18.5 Å². The molecular formula is C15H15ClN6O2S. The average molecular weight is 379 g/mol. The Bertz CT molecular complexity index is 934. The second kappa shape index (κ2) is 7.28. The average Bonchev–Trinajstić information content (AvgIpc) is 3.17. The van der Waals surface area contributed by atoms with Crippen LogP contribution in [0.4, 0.5) is 0 Å². The lowest BCUT2D eigenvalue weighted by atomic mass is 10.1. The number of hydrogen-bond donors (Lipinski definition) is 2. The monoisotopic (exact) mass is 378 g/mol. The highest BCUT2D eigenvalue weighted by Crippen LogP contribution is 2.23. The predicted molar refractivity (Wildman–Crippen MR) is 92.5 cm³/mol. The molecule has 0 saturated heterocycles. The molecule has 0 bridgehead atoms. The number of aromatic nitrogens is 4. The number of halogens is 1. The number of rotatable bonds is 6. The van der Waals surface area contributed by atoms with Crippen molar-refractivity contribution in [2.75, 3.05) is 0 Å². The fraction of sp³-hybridized carbons (Fsp3) is 0.133. The van der Waals surface area contributed by atoms with Crippen LogP contribution >= 0.6 is 11.8 Å². The van der Waals surface area contributed by atoms with E-state index in [0.717, 1.165) is 5.56 Å². The minimum absolute atomic E-state index is 0.0116. The van der Waals surface area contributed by atoms with Gasteiger partial charge in [-0.25, -0.2) is 13.8 Å². The summed E-state index contributed by atoms with van der Waals surface area (Å²) in [6.07, 6.45) is 0. The van der Waals surface area contributed by atoms with Crippen molar-refractivity contribution < 1.29 is 8.42 Å². The zero-order valence-corrected chi connectivity index (χ0v) is 14.7. The van der Waals surface area contributed by atoms with E-state index in [4.69, 9.17) is 11.8 Å². The topological polar surface area (TPSA) is 104 Å². The van der Waals surface area contributed by atoms with Gasteiger partial charge < -0.3 is 0 Å². The highest BCUT2D eigenvalue weighted by Gasteiger charge is 2.25. The van der Waals surface area contributed by atoms with E-state index in [2.05, 4.69) is 26.0 Å². The summed E-state index contributed by atoms with van der Waals surface area (Å²) in [5, 5.41) is 13.5. The van der Waals surface area contributed by atoms with Crippen molar-refractivity contribution in [1.29, 1.82) is 0 Å². The standard InChI is InChI=1S/C15H15ClN6O2S/c1-11(12-6-3-2-4-7-12)19-22(16)25(23,24)14-9-5-8-13(10-14)15-17-20-21-18-15/h2-11,19H,1H3,(H,17,18,20,21). The van der Waals surface area contributed by atoms with Gasteiger partial charge in [-0.15, -0.1) is 10.2 Å². The van der Waals surface area contributed by atoms with Gasteiger partial charge in [0.2, 0.25) is 5.82 Å². The third kappa shape index (κ3) is 3.85. The molecule has 0 spiro atoms. The number of hydrogen-bond acceptors (Lipinski definition) is 6. The molecule has 0 amide bonds. The molecule has 0 radical (unpaired) electrons. The minimum atomic E-state index is -3.95. The Morgan fingerprint density at radius 2 is 1.92 bits per heavy atom. The van der Waals surface area contributed by atoms with E-state index >= 15 is 0 Å². The van der Waals surface area contributed by atoms with Gasteiger partial charge in [0.15, 0.2) is 0 Å². The van der Waals surface area contributed by atoms with Crippen LogP contribution < -0.4 is 5.43 Å². The van der Waals surface area contributed by atoms with E-state index in [0.29, 0.717) is 15.3 Å². The SMILES string of the molecule is CC(NN(Cl)S(=O)(=O)c1cccc(-c2nn[nH]n2)c1)c1ccccc1. The first-order valence-electron chi connectivity index (χ1n) is 7.34. The van der Waals surface area contributed by atoms with Crippen molar-refractivity contribution in [3.05, 3.63) is 60.2 Å². The molecule has 2 aromatic carbocycles. The highest BCUT2D eigenvalue weighted by atomic mass is 35.5. The molecule has 10 heteroatoms. The molecule has 0 saturated carbocycles. The van der Waals surface area contributed by atoms with Gasteiger partial charge in [0.05, 0.1) is 4.90 Å². The van der Waals surface area contributed by atoms with Gasteiger partial charge >= 0.3 is 0 Å².